The van der Waals surface area contributed by atoms with Gasteiger partial charge in [-0.3, -0.25) is 0 Å². The number of benzene rings is 1. The number of hydrogen-bond acceptors (Lipinski definition) is 2. The highest BCUT2D eigenvalue weighted by Crippen LogP contribution is 2.33. The van der Waals surface area contributed by atoms with E-state index in [2.05, 4.69) is 10.3 Å². The Morgan fingerprint density at radius 3 is 2.42 bits per heavy atom. The Balaban J connectivity index is 2.96. The van der Waals surface area contributed by atoms with Gasteiger partial charge in [0, 0.05) is 18.3 Å². The molecule has 0 amide bonds. The van der Waals surface area contributed by atoms with E-state index in [9.17, 15) is 13.2 Å². The minimum atomic E-state index is -1.22. The third-order valence-corrected chi connectivity index (χ3v) is 3.12. The molecule has 0 saturated heterocycles. The summed E-state index contributed by atoms with van der Waals surface area (Å²) in [5.41, 5.74) is 1.64. The summed E-state index contributed by atoms with van der Waals surface area (Å²) in [5.74, 6) is -3.13. The second-order valence-corrected chi connectivity index (χ2v) is 4.31. The highest BCUT2D eigenvalue weighted by atomic mass is 19.2. The summed E-state index contributed by atoms with van der Waals surface area (Å²) in [6.45, 7) is 6.04. The van der Waals surface area contributed by atoms with Crippen LogP contribution in [-0.4, -0.2) is 11.5 Å². The first-order chi connectivity index (χ1) is 9.01. The number of aryl methyl sites for hydroxylation is 1. The van der Waals surface area contributed by atoms with Crippen molar-refractivity contribution in [3.8, 4) is 0 Å². The number of hydrogen-bond donors (Lipinski definition) is 1. The molecule has 0 aliphatic carbocycles. The first kappa shape index (κ1) is 13.6. The molecule has 5 heteroatoms. The van der Waals surface area contributed by atoms with Crippen LogP contribution >= 0.6 is 0 Å². The lowest BCUT2D eigenvalue weighted by atomic mass is 10.0. The number of halogens is 3. The maximum absolute atomic E-state index is 14.0. The van der Waals surface area contributed by atoms with Crippen molar-refractivity contribution in [1.82, 2.24) is 4.98 Å². The van der Waals surface area contributed by atoms with Crippen LogP contribution in [0.3, 0.4) is 0 Å². The minimum Gasteiger partial charge on any atom is -0.384 e. The van der Waals surface area contributed by atoms with Crippen LogP contribution in [-0.2, 0) is 6.42 Å². The summed E-state index contributed by atoms with van der Waals surface area (Å²) >= 11 is 0. The number of anilines is 1. The first-order valence-corrected chi connectivity index (χ1v) is 6.21. The van der Waals surface area contributed by atoms with Gasteiger partial charge >= 0.3 is 0 Å². The molecule has 0 fully saturated rings. The topological polar surface area (TPSA) is 24.9 Å². The van der Waals surface area contributed by atoms with Gasteiger partial charge in [0.1, 0.15) is 11.3 Å². The molecule has 0 aliphatic rings. The summed E-state index contributed by atoms with van der Waals surface area (Å²) in [5, 5.41) is 3.05. The zero-order valence-corrected chi connectivity index (χ0v) is 11.1. The summed E-state index contributed by atoms with van der Waals surface area (Å²) in [6.07, 6.45) is 0.634. The van der Waals surface area contributed by atoms with Gasteiger partial charge in [-0.05, 0) is 25.8 Å². The SMILES string of the molecule is CCNc1c(CC)c(C)nc2c(F)c(F)cc(F)c12. The number of rotatable bonds is 3. The van der Waals surface area contributed by atoms with E-state index in [4.69, 9.17) is 0 Å². The van der Waals surface area contributed by atoms with E-state index in [0.717, 1.165) is 5.56 Å². The Morgan fingerprint density at radius 1 is 1.16 bits per heavy atom. The van der Waals surface area contributed by atoms with E-state index in [-0.39, 0.29) is 10.9 Å². The lowest BCUT2D eigenvalue weighted by Crippen LogP contribution is -2.07. The molecule has 0 saturated carbocycles. The molecule has 1 aromatic carbocycles. The van der Waals surface area contributed by atoms with E-state index >= 15 is 0 Å². The molecule has 0 atom stereocenters. The number of aromatic nitrogens is 1. The summed E-state index contributed by atoms with van der Waals surface area (Å²) in [6, 6.07) is 0.564. The zero-order valence-electron chi connectivity index (χ0n) is 11.1. The van der Waals surface area contributed by atoms with Crippen molar-refractivity contribution in [2.75, 3.05) is 11.9 Å². The number of pyridine rings is 1. The van der Waals surface area contributed by atoms with Crippen LogP contribution in [0.1, 0.15) is 25.1 Å². The summed E-state index contributed by atoms with van der Waals surface area (Å²) in [4.78, 5) is 4.02. The van der Waals surface area contributed by atoms with Crippen LogP contribution in [0.25, 0.3) is 10.9 Å². The summed E-state index contributed by atoms with van der Waals surface area (Å²) in [7, 11) is 0. The third kappa shape index (κ3) is 2.13. The molecule has 1 N–H and O–H groups in total. The maximum atomic E-state index is 14.0. The lowest BCUT2D eigenvalue weighted by Gasteiger charge is -2.16. The number of nitrogens with zero attached hydrogens (tertiary/aromatic N) is 1. The van der Waals surface area contributed by atoms with Crippen molar-refractivity contribution in [3.63, 3.8) is 0 Å². The standard InChI is InChI=1S/C14H15F3N2/c1-4-8-7(3)19-14-11(13(8)18-5-2)9(15)6-10(16)12(14)17/h6H,4-5H2,1-3H3,(H,18,19). The van der Waals surface area contributed by atoms with E-state index in [1.165, 1.54) is 0 Å². The Kier molecular flexibility index (Phi) is 3.64. The van der Waals surface area contributed by atoms with E-state index < -0.39 is 17.5 Å². The first-order valence-electron chi connectivity index (χ1n) is 6.21. The van der Waals surface area contributed by atoms with Crippen LogP contribution in [0.2, 0.25) is 0 Å². The van der Waals surface area contributed by atoms with Crippen LogP contribution in [0.5, 0.6) is 0 Å². The minimum absolute atomic E-state index is 0.0169. The van der Waals surface area contributed by atoms with Crippen LogP contribution < -0.4 is 5.32 Å². The maximum Gasteiger partial charge on any atom is 0.185 e. The molecule has 0 bridgehead atoms. The van der Waals surface area contributed by atoms with Gasteiger partial charge in [-0.25, -0.2) is 18.2 Å². The van der Waals surface area contributed by atoms with Crippen molar-refractivity contribution < 1.29 is 13.2 Å². The fraction of sp³-hybridized carbons (Fsp3) is 0.357. The van der Waals surface area contributed by atoms with Crippen LogP contribution in [0, 0.1) is 24.4 Å². The van der Waals surface area contributed by atoms with E-state index in [0.29, 0.717) is 30.4 Å². The molecular formula is C14H15F3N2. The highest BCUT2D eigenvalue weighted by Gasteiger charge is 2.20. The molecule has 0 radical (unpaired) electrons. The molecular weight excluding hydrogens is 253 g/mol. The third-order valence-electron chi connectivity index (χ3n) is 3.12. The predicted molar refractivity (Wildman–Crippen MR) is 69.9 cm³/mol. The monoisotopic (exact) mass is 268 g/mol. The second-order valence-electron chi connectivity index (χ2n) is 4.31. The van der Waals surface area contributed by atoms with Crippen LogP contribution in [0.4, 0.5) is 18.9 Å². The molecule has 0 aliphatic heterocycles. The average molecular weight is 268 g/mol. The molecule has 1 heterocycles. The van der Waals surface area contributed by atoms with E-state index in [1.54, 1.807) is 6.92 Å². The van der Waals surface area contributed by atoms with Crippen molar-refractivity contribution >= 4 is 16.6 Å². The van der Waals surface area contributed by atoms with Gasteiger partial charge in [0.05, 0.1) is 11.1 Å². The van der Waals surface area contributed by atoms with Gasteiger partial charge in [0.25, 0.3) is 0 Å². The Morgan fingerprint density at radius 2 is 1.84 bits per heavy atom. The highest BCUT2D eigenvalue weighted by molar-refractivity contribution is 5.94. The fourth-order valence-corrected chi connectivity index (χ4v) is 2.30. The Bertz CT molecular complexity index is 639. The summed E-state index contributed by atoms with van der Waals surface area (Å²) < 4.78 is 41.0. The Labute approximate surface area is 109 Å². The van der Waals surface area contributed by atoms with Crippen molar-refractivity contribution in [2.24, 2.45) is 0 Å². The largest absolute Gasteiger partial charge is 0.384 e. The predicted octanol–water partition coefficient (Wildman–Crippen LogP) is 3.95. The number of nitrogens with one attached hydrogen (secondary N) is 1. The quantitative estimate of drug-likeness (QED) is 0.852. The van der Waals surface area contributed by atoms with Crippen molar-refractivity contribution in [3.05, 3.63) is 34.8 Å². The molecule has 102 valence electrons. The fourth-order valence-electron chi connectivity index (χ4n) is 2.30. The average Bonchev–Trinajstić information content (AvgIpc) is 2.36. The smallest absolute Gasteiger partial charge is 0.185 e. The molecule has 2 aromatic rings. The molecule has 2 nitrogen and oxygen atoms in total. The van der Waals surface area contributed by atoms with Gasteiger partial charge in [-0.15, -0.1) is 0 Å². The molecule has 1 aromatic heterocycles. The van der Waals surface area contributed by atoms with Crippen LogP contribution in [0.15, 0.2) is 6.07 Å². The lowest BCUT2D eigenvalue weighted by molar-refractivity contribution is 0.504. The zero-order chi connectivity index (χ0) is 14.2. The van der Waals surface area contributed by atoms with Gasteiger partial charge in [-0.2, -0.15) is 0 Å². The van der Waals surface area contributed by atoms with Gasteiger partial charge in [0.2, 0.25) is 0 Å². The van der Waals surface area contributed by atoms with Gasteiger partial charge in [0.15, 0.2) is 11.6 Å². The second kappa shape index (κ2) is 5.07. The molecule has 0 unspecified atom stereocenters. The molecule has 0 spiro atoms. The molecule has 2 rings (SSSR count). The number of fused-ring (bicyclic) bond motifs is 1. The van der Waals surface area contributed by atoms with Crippen molar-refractivity contribution in [1.29, 1.82) is 0 Å². The van der Waals surface area contributed by atoms with Crippen molar-refractivity contribution in [2.45, 2.75) is 27.2 Å². The Hall–Kier alpha value is -1.78. The molecule has 19 heavy (non-hydrogen) atoms. The van der Waals surface area contributed by atoms with Gasteiger partial charge < -0.3 is 5.32 Å². The normalized spacial score (nSPS) is 11.1. The van der Waals surface area contributed by atoms with Gasteiger partial charge in [-0.1, -0.05) is 6.92 Å². The van der Waals surface area contributed by atoms with E-state index in [1.807, 2.05) is 13.8 Å².